The van der Waals surface area contributed by atoms with E-state index in [1.54, 1.807) is 0 Å². The molecule has 14 heavy (non-hydrogen) atoms. The van der Waals surface area contributed by atoms with E-state index in [9.17, 15) is 9.59 Å². The van der Waals surface area contributed by atoms with Crippen molar-refractivity contribution in [3.8, 4) is 5.75 Å². The SMILES string of the molecule is COc1coc(/C=C/C(=O)O)cc1=O. The molecule has 0 bridgehead atoms. The molecule has 1 heterocycles. The van der Waals surface area contributed by atoms with E-state index in [1.807, 2.05) is 0 Å². The Morgan fingerprint density at radius 3 is 2.86 bits per heavy atom. The molecule has 1 aromatic rings. The summed E-state index contributed by atoms with van der Waals surface area (Å²) in [6.45, 7) is 0. The van der Waals surface area contributed by atoms with Crippen LogP contribution >= 0.6 is 0 Å². The van der Waals surface area contributed by atoms with E-state index < -0.39 is 5.97 Å². The first-order valence-electron chi connectivity index (χ1n) is 3.71. The number of aliphatic carboxylic acids is 1. The second-order valence-electron chi connectivity index (χ2n) is 2.39. The van der Waals surface area contributed by atoms with Gasteiger partial charge in [0.25, 0.3) is 0 Å². The first-order chi connectivity index (χ1) is 6.63. The van der Waals surface area contributed by atoms with Crippen molar-refractivity contribution in [1.82, 2.24) is 0 Å². The standard InChI is InChI=1S/C9H8O5/c1-13-8-5-14-6(4-7(8)10)2-3-9(11)12/h2-5H,1H3,(H,11,12)/b3-2+. The predicted molar refractivity (Wildman–Crippen MR) is 48.2 cm³/mol. The number of rotatable bonds is 3. The molecular weight excluding hydrogens is 188 g/mol. The molecule has 0 spiro atoms. The van der Waals surface area contributed by atoms with Gasteiger partial charge in [0.1, 0.15) is 12.0 Å². The summed E-state index contributed by atoms with van der Waals surface area (Å²) in [4.78, 5) is 21.3. The first-order valence-corrected chi connectivity index (χ1v) is 3.71. The van der Waals surface area contributed by atoms with Crippen LogP contribution in [0.15, 0.2) is 27.6 Å². The molecule has 5 heteroatoms. The average Bonchev–Trinajstić information content (AvgIpc) is 2.15. The third-order valence-corrected chi connectivity index (χ3v) is 1.43. The minimum absolute atomic E-state index is 0.0810. The van der Waals surface area contributed by atoms with E-state index in [1.165, 1.54) is 13.2 Å². The smallest absolute Gasteiger partial charge is 0.328 e. The second-order valence-corrected chi connectivity index (χ2v) is 2.39. The van der Waals surface area contributed by atoms with Crippen LogP contribution in [0, 0.1) is 0 Å². The highest BCUT2D eigenvalue weighted by Crippen LogP contribution is 2.06. The molecule has 74 valence electrons. The molecule has 0 saturated carbocycles. The minimum Gasteiger partial charge on any atom is -0.490 e. The van der Waals surface area contributed by atoms with Crippen molar-refractivity contribution >= 4 is 12.0 Å². The molecule has 0 saturated heterocycles. The lowest BCUT2D eigenvalue weighted by Crippen LogP contribution is -2.03. The first kappa shape index (κ1) is 10.0. The van der Waals surface area contributed by atoms with Crippen LogP contribution < -0.4 is 10.2 Å². The Hall–Kier alpha value is -2.04. The summed E-state index contributed by atoms with van der Waals surface area (Å²) in [5.41, 5.74) is -0.358. The zero-order valence-electron chi connectivity index (χ0n) is 7.39. The highest BCUT2D eigenvalue weighted by molar-refractivity contribution is 5.84. The molecule has 0 amide bonds. The zero-order chi connectivity index (χ0) is 10.6. The van der Waals surface area contributed by atoms with Gasteiger partial charge in [-0.05, 0) is 6.08 Å². The van der Waals surface area contributed by atoms with Gasteiger partial charge in [-0.25, -0.2) is 4.79 Å². The average molecular weight is 196 g/mol. The van der Waals surface area contributed by atoms with Gasteiger partial charge in [0.05, 0.1) is 7.11 Å². The maximum atomic E-state index is 11.1. The van der Waals surface area contributed by atoms with Crippen LogP contribution in [0.2, 0.25) is 0 Å². The van der Waals surface area contributed by atoms with Crippen molar-refractivity contribution in [1.29, 1.82) is 0 Å². The Labute approximate surface area is 79.2 Å². The molecule has 0 radical (unpaired) electrons. The highest BCUT2D eigenvalue weighted by Gasteiger charge is 2.00. The molecule has 1 N–H and O–H groups in total. The third-order valence-electron chi connectivity index (χ3n) is 1.43. The number of carboxylic acids is 1. The molecular formula is C9H8O5. The Kier molecular flexibility index (Phi) is 3.06. The lowest BCUT2D eigenvalue weighted by atomic mass is 10.3. The lowest BCUT2D eigenvalue weighted by molar-refractivity contribution is -0.131. The Morgan fingerprint density at radius 1 is 1.64 bits per heavy atom. The summed E-state index contributed by atoms with van der Waals surface area (Å²) in [5.74, 6) is -0.862. The highest BCUT2D eigenvalue weighted by atomic mass is 16.5. The van der Waals surface area contributed by atoms with Crippen LogP contribution in [0.4, 0.5) is 0 Å². The summed E-state index contributed by atoms with van der Waals surface area (Å²) in [7, 11) is 1.35. The minimum atomic E-state index is -1.11. The largest absolute Gasteiger partial charge is 0.490 e. The van der Waals surface area contributed by atoms with Crippen LogP contribution in [0.25, 0.3) is 6.08 Å². The lowest BCUT2D eigenvalue weighted by Gasteiger charge is -1.96. The molecule has 0 atom stereocenters. The van der Waals surface area contributed by atoms with Gasteiger partial charge in [-0.15, -0.1) is 0 Å². The molecule has 0 fully saturated rings. The number of carbonyl (C=O) groups is 1. The van der Waals surface area contributed by atoms with Crippen LogP contribution in [0.1, 0.15) is 5.76 Å². The summed E-state index contributed by atoms with van der Waals surface area (Å²) in [6, 6.07) is 1.15. The van der Waals surface area contributed by atoms with E-state index in [2.05, 4.69) is 4.74 Å². The van der Waals surface area contributed by atoms with Crippen LogP contribution in [-0.4, -0.2) is 18.2 Å². The van der Waals surface area contributed by atoms with Crippen molar-refractivity contribution in [3.05, 3.63) is 34.4 Å². The molecule has 0 aliphatic heterocycles. The van der Waals surface area contributed by atoms with Gasteiger partial charge >= 0.3 is 5.97 Å². The molecule has 1 aromatic heterocycles. The van der Waals surface area contributed by atoms with Gasteiger partial charge in [-0.2, -0.15) is 0 Å². The van der Waals surface area contributed by atoms with Crippen molar-refractivity contribution in [2.24, 2.45) is 0 Å². The summed E-state index contributed by atoms with van der Waals surface area (Å²) < 4.78 is 9.58. The molecule has 0 aliphatic rings. The van der Waals surface area contributed by atoms with Gasteiger partial charge in [0.2, 0.25) is 11.2 Å². The van der Waals surface area contributed by atoms with Crippen LogP contribution in [-0.2, 0) is 4.79 Å². The Balaban J connectivity index is 2.98. The fraction of sp³-hybridized carbons (Fsp3) is 0.111. The Morgan fingerprint density at radius 2 is 2.36 bits per heavy atom. The van der Waals surface area contributed by atoms with Crippen molar-refractivity contribution in [2.45, 2.75) is 0 Å². The monoisotopic (exact) mass is 196 g/mol. The molecule has 1 rings (SSSR count). The van der Waals surface area contributed by atoms with Gasteiger partial charge in [0.15, 0.2) is 0 Å². The summed E-state index contributed by atoms with van der Waals surface area (Å²) in [5, 5.41) is 8.31. The molecule has 0 aliphatic carbocycles. The zero-order valence-corrected chi connectivity index (χ0v) is 7.39. The van der Waals surface area contributed by atoms with E-state index in [0.717, 1.165) is 18.4 Å². The summed E-state index contributed by atoms with van der Waals surface area (Å²) in [6.07, 6.45) is 3.19. The maximum absolute atomic E-state index is 11.1. The third kappa shape index (κ3) is 2.48. The molecule has 5 nitrogen and oxygen atoms in total. The second kappa shape index (κ2) is 4.27. The van der Waals surface area contributed by atoms with E-state index in [4.69, 9.17) is 9.52 Å². The van der Waals surface area contributed by atoms with Gasteiger partial charge in [-0.1, -0.05) is 0 Å². The Bertz CT molecular complexity index is 415. The molecule has 0 unspecified atom stereocenters. The number of methoxy groups -OCH3 is 1. The van der Waals surface area contributed by atoms with E-state index in [-0.39, 0.29) is 16.9 Å². The normalized spacial score (nSPS) is 10.4. The number of hydrogen-bond donors (Lipinski definition) is 1. The van der Waals surface area contributed by atoms with Crippen molar-refractivity contribution in [3.63, 3.8) is 0 Å². The fourth-order valence-corrected chi connectivity index (χ4v) is 0.804. The number of ether oxygens (including phenoxy) is 1. The summed E-state index contributed by atoms with van der Waals surface area (Å²) >= 11 is 0. The maximum Gasteiger partial charge on any atom is 0.328 e. The van der Waals surface area contributed by atoms with Crippen molar-refractivity contribution in [2.75, 3.05) is 7.11 Å². The van der Waals surface area contributed by atoms with E-state index in [0.29, 0.717) is 0 Å². The van der Waals surface area contributed by atoms with Crippen LogP contribution in [0.3, 0.4) is 0 Å². The topological polar surface area (TPSA) is 76.7 Å². The van der Waals surface area contributed by atoms with Gasteiger partial charge < -0.3 is 14.3 Å². The fourth-order valence-electron chi connectivity index (χ4n) is 0.804. The number of carboxylic acid groups (broad SMARTS) is 1. The quantitative estimate of drug-likeness (QED) is 0.721. The predicted octanol–water partition coefficient (Wildman–Crippen LogP) is 0.746. The van der Waals surface area contributed by atoms with Gasteiger partial charge in [-0.3, -0.25) is 4.79 Å². The van der Waals surface area contributed by atoms with Crippen LogP contribution in [0.5, 0.6) is 5.75 Å². The van der Waals surface area contributed by atoms with Gasteiger partial charge in [0, 0.05) is 12.1 Å². The molecule has 0 aromatic carbocycles. The van der Waals surface area contributed by atoms with E-state index >= 15 is 0 Å². The number of hydrogen-bond acceptors (Lipinski definition) is 4. The van der Waals surface area contributed by atoms with Crippen molar-refractivity contribution < 1.29 is 19.1 Å².